The monoisotopic (exact) mass is 345 g/mol. The Morgan fingerprint density at radius 2 is 2.04 bits per heavy atom. The van der Waals surface area contributed by atoms with E-state index in [-0.39, 0.29) is 18.2 Å². The van der Waals surface area contributed by atoms with Crippen molar-refractivity contribution in [3.8, 4) is 0 Å². The van der Waals surface area contributed by atoms with Crippen molar-refractivity contribution in [1.29, 1.82) is 0 Å². The number of fused-ring (bicyclic) bond motifs is 1. The summed E-state index contributed by atoms with van der Waals surface area (Å²) < 4.78 is 0. The molecule has 1 aromatic carbocycles. The van der Waals surface area contributed by atoms with Crippen molar-refractivity contribution >= 4 is 6.03 Å². The van der Waals surface area contributed by atoms with Gasteiger partial charge in [-0.1, -0.05) is 32.0 Å². The SMILES string of the molecule is CC(C)c1ccc2c(c1)C(NC(=O)NCCN1CCC(O)CC1)CC2. The molecule has 5 nitrogen and oxygen atoms in total. The van der Waals surface area contributed by atoms with Crippen molar-refractivity contribution in [2.45, 2.75) is 57.6 Å². The molecule has 1 atom stereocenters. The summed E-state index contributed by atoms with van der Waals surface area (Å²) in [5.41, 5.74) is 3.98. The highest BCUT2D eigenvalue weighted by Gasteiger charge is 2.24. The first kappa shape index (κ1) is 18.2. The number of hydrogen-bond donors (Lipinski definition) is 3. The molecule has 3 N–H and O–H groups in total. The van der Waals surface area contributed by atoms with Gasteiger partial charge in [-0.3, -0.25) is 0 Å². The summed E-state index contributed by atoms with van der Waals surface area (Å²) in [6.45, 7) is 7.72. The summed E-state index contributed by atoms with van der Waals surface area (Å²) >= 11 is 0. The molecule has 5 heteroatoms. The van der Waals surface area contributed by atoms with Gasteiger partial charge in [0.25, 0.3) is 0 Å². The van der Waals surface area contributed by atoms with Crippen molar-refractivity contribution in [1.82, 2.24) is 15.5 Å². The van der Waals surface area contributed by atoms with Crippen LogP contribution in [0.3, 0.4) is 0 Å². The third-order valence-electron chi connectivity index (χ3n) is 5.49. The first-order chi connectivity index (χ1) is 12.0. The Morgan fingerprint density at radius 3 is 2.76 bits per heavy atom. The number of aliphatic hydroxyl groups is 1. The minimum Gasteiger partial charge on any atom is -0.393 e. The number of aliphatic hydroxyl groups excluding tert-OH is 1. The standard InChI is InChI=1S/C20H31N3O2/c1-14(2)16-4-3-15-5-6-19(18(15)13-16)22-20(25)21-9-12-23-10-7-17(24)8-11-23/h3-4,13-14,17,19,24H,5-12H2,1-2H3,(H2,21,22,25). The van der Waals surface area contributed by atoms with E-state index < -0.39 is 0 Å². The summed E-state index contributed by atoms with van der Waals surface area (Å²) in [5, 5.41) is 15.6. The zero-order valence-corrected chi connectivity index (χ0v) is 15.4. The van der Waals surface area contributed by atoms with E-state index in [1.807, 2.05) is 0 Å². The number of carbonyl (C=O) groups is 1. The van der Waals surface area contributed by atoms with E-state index in [2.05, 4.69) is 47.6 Å². The Labute approximate surface area is 150 Å². The molecular formula is C20H31N3O2. The molecule has 1 unspecified atom stereocenters. The van der Waals surface area contributed by atoms with Gasteiger partial charge < -0.3 is 20.6 Å². The van der Waals surface area contributed by atoms with E-state index in [1.165, 1.54) is 16.7 Å². The second-order valence-corrected chi connectivity index (χ2v) is 7.68. The molecule has 1 heterocycles. The minimum absolute atomic E-state index is 0.0788. The molecule has 3 rings (SSSR count). The third kappa shape index (κ3) is 4.73. The van der Waals surface area contributed by atoms with Crippen LogP contribution in [0.1, 0.15) is 61.8 Å². The fraction of sp³-hybridized carbons (Fsp3) is 0.650. The number of piperidine rings is 1. The summed E-state index contributed by atoms with van der Waals surface area (Å²) in [7, 11) is 0. The second kappa shape index (κ2) is 8.19. The molecule has 1 saturated heterocycles. The van der Waals surface area contributed by atoms with Crippen LogP contribution in [0, 0.1) is 0 Å². The van der Waals surface area contributed by atoms with E-state index in [4.69, 9.17) is 0 Å². The van der Waals surface area contributed by atoms with Gasteiger partial charge in [0, 0.05) is 26.2 Å². The maximum atomic E-state index is 12.2. The summed E-state index contributed by atoms with van der Waals surface area (Å²) in [5.74, 6) is 0.503. The van der Waals surface area contributed by atoms with E-state index in [1.54, 1.807) is 0 Å². The van der Waals surface area contributed by atoms with Crippen LogP contribution in [0.15, 0.2) is 18.2 Å². The molecule has 0 radical (unpaired) electrons. The molecule has 1 aliphatic heterocycles. The lowest BCUT2D eigenvalue weighted by Gasteiger charge is -2.29. The van der Waals surface area contributed by atoms with Crippen molar-refractivity contribution in [2.75, 3.05) is 26.2 Å². The molecule has 2 amide bonds. The maximum absolute atomic E-state index is 12.2. The van der Waals surface area contributed by atoms with Gasteiger partial charge >= 0.3 is 6.03 Å². The van der Waals surface area contributed by atoms with Crippen LogP contribution >= 0.6 is 0 Å². The molecule has 0 aromatic heterocycles. The van der Waals surface area contributed by atoms with Crippen molar-refractivity contribution < 1.29 is 9.90 Å². The van der Waals surface area contributed by atoms with Crippen LogP contribution in [0.5, 0.6) is 0 Å². The number of aryl methyl sites for hydroxylation is 1. The Morgan fingerprint density at radius 1 is 1.28 bits per heavy atom. The number of rotatable bonds is 5. The number of benzene rings is 1. The van der Waals surface area contributed by atoms with Gasteiger partial charge in [0.1, 0.15) is 0 Å². The number of carbonyl (C=O) groups excluding carboxylic acids is 1. The molecule has 138 valence electrons. The fourth-order valence-corrected chi connectivity index (χ4v) is 3.81. The molecule has 0 saturated carbocycles. The van der Waals surface area contributed by atoms with Gasteiger partial charge in [-0.2, -0.15) is 0 Å². The van der Waals surface area contributed by atoms with Crippen LogP contribution < -0.4 is 10.6 Å². The van der Waals surface area contributed by atoms with Gasteiger partial charge in [-0.15, -0.1) is 0 Å². The van der Waals surface area contributed by atoms with Crippen molar-refractivity contribution in [2.24, 2.45) is 0 Å². The molecule has 25 heavy (non-hydrogen) atoms. The van der Waals surface area contributed by atoms with Gasteiger partial charge in [0.2, 0.25) is 0 Å². The fourth-order valence-electron chi connectivity index (χ4n) is 3.81. The lowest BCUT2D eigenvalue weighted by molar-refractivity contribution is 0.0832. The van der Waals surface area contributed by atoms with Gasteiger partial charge in [0.15, 0.2) is 0 Å². The van der Waals surface area contributed by atoms with Crippen LogP contribution in [-0.4, -0.2) is 48.3 Å². The van der Waals surface area contributed by atoms with Gasteiger partial charge in [-0.25, -0.2) is 4.79 Å². The van der Waals surface area contributed by atoms with Crippen LogP contribution in [0.2, 0.25) is 0 Å². The highest BCUT2D eigenvalue weighted by Crippen LogP contribution is 2.33. The summed E-state index contributed by atoms with van der Waals surface area (Å²) in [6, 6.07) is 6.73. The topological polar surface area (TPSA) is 64.6 Å². The average molecular weight is 345 g/mol. The number of amides is 2. The lowest BCUT2D eigenvalue weighted by Crippen LogP contribution is -2.43. The average Bonchev–Trinajstić information content (AvgIpc) is 2.99. The maximum Gasteiger partial charge on any atom is 0.315 e. The van der Waals surface area contributed by atoms with Crippen LogP contribution in [0.4, 0.5) is 4.79 Å². The van der Waals surface area contributed by atoms with E-state index in [9.17, 15) is 9.90 Å². The van der Waals surface area contributed by atoms with Gasteiger partial charge in [0.05, 0.1) is 12.1 Å². The first-order valence-corrected chi connectivity index (χ1v) is 9.60. The van der Waals surface area contributed by atoms with Gasteiger partial charge in [-0.05, 0) is 48.3 Å². The number of urea groups is 1. The zero-order valence-electron chi connectivity index (χ0n) is 15.4. The second-order valence-electron chi connectivity index (χ2n) is 7.68. The van der Waals surface area contributed by atoms with Crippen molar-refractivity contribution in [3.05, 3.63) is 34.9 Å². The predicted molar refractivity (Wildman–Crippen MR) is 99.8 cm³/mol. The largest absolute Gasteiger partial charge is 0.393 e. The molecule has 1 fully saturated rings. The number of nitrogens with zero attached hydrogens (tertiary/aromatic N) is 1. The molecule has 0 bridgehead atoms. The van der Waals surface area contributed by atoms with Crippen molar-refractivity contribution in [3.63, 3.8) is 0 Å². The molecule has 1 aromatic rings. The predicted octanol–water partition coefficient (Wildman–Crippen LogP) is 2.55. The van der Waals surface area contributed by atoms with E-state index >= 15 is 0 Å². The normalized spacial score (nSPS) is 21.4. The lowest BCUT2D eigenvalue weighted by atomic mass is 9.97. The highest BCUT2D eigenvalue weighted by molar-refractivity contribution is 5.74. The number of nitrogens with one attached hydrogen (secondary N) is 2. The Bertz CT molecular complexity index is 595. The third-order valence-corrected chi connectivity index (χ3v) is 5.49. The van der Waals surface area contributed by atoms with E-state index in [0.717, 1.165) is 45.3 Å². The van der Waals surface area contributed by atoms with Crippen LogP contribution in [-0.2, 0) is 6.42 Å². The molecular weight excluding hydrogens is 314 g/mol. The Hall–Kier alpha value is -1.59. The Kier molecular flexibility index (Phi) is 5.97. The first-order valence-electron chi connectivity index (χ1n) is 9.60. The number of hydrogen-bond acceptors (Lipinski definition) is 3. The zero-order chi connectivity index (χ0) is 17.8. The van der Waals surface area contributed by atoms with E-state index in [0.29, 0.717) is 12.5 Å². The summed E-state index contributed by atoms with van der Waals surface area (Å²) in [4.78, 5) is 14.5. The highest BCUT2D eigenvalue weighted by atomic mass is 16.3. The molecule has 2 aliphatic rings. The van der Waals surface area contributed by atoms with Crippen LogP contribution in [0.25, 0.3) is 0 Å². The molecule has 0 spiro atoms. The minimum atomic E-state index is -0.148. The quantitative estimate of drug-likeness (QED) is 0.768. The number of likely N-dealkylation sites (tertiary alicyclic amines) is 1. The smallest absolute Gasteiger partial charge is 0.315 e. The Balaban J connectivity index is 1.46. The summed E-state index contributed by atoms with van der Waals surface area (Å²) in [6.07, 6.45) is 3.54. The molecule has 1 aliphatic carbocycles.